The van der Waals surface area contributed by atoms with E-state index >= 15 is 0 Å². The maximum Gasteiger partial charge on any atom is 0.258 e. The van der Waals surface area contributed by atoms with Gasteiger partial charge in [-0.15, -0.1) is 0 Å². The zero-order valence-corrected chi connectivity index (χ0v) is 16.9. The van der Waals surface area contributed by atoms with Crippen LogP contribution in [0, 0.1) is 20.8 Å². The molecule has 146 valence electrons. The molecule has 0 aliphatic carbocycles. The number of carbonyl (C=O) groups is 1. The Bertz CT molecular complexity index is 1030. The molecule has 5 heteroatoms. The van der Waals surface area contributed by atoms with Gasteiger partial charge in [0, 0.05) is 37.3 Å². The average molecular weight is 378 g/mol. The maximum absolute atomic E-state index is 13.3. The molecule has 0 spiro atoms. The average Bonchev–Trinajstić information content (AvgIpc) is 3.04. The van der Waals surface area contributed by atoms with Crippen LogP contribution in [0.1, 0.15) is 27.2 Å². The lowest BCUT2D eigenvalue weighted by Crippen LogP contribution is -2.49. The minimum absolute atomic E-state index is 0.0325. The first-order valence-corrected chi connectivity index (χ1v) is 9.67. The molecular weight excluding hydrogens is 352 g/mol. The number of furan rings is 1. The molecule has 28 heavy (non-hydrogen) atoms. The number of rotatable bonds is 3. The fourth-order valence-electron chi connectivity index (χ4n) is 3.98. The molecule has 0 saturated carbocycles. The fourth-order valence-corrected chi connectivity index (χ4v) is 3.98. The number of nitrogens with zero attached hydrogens (tertiary/aromatic N) is 2. The summed E-state index contributed by atoms with van der Waals surface area (Å²) in [5.41, 5.74) is 5.24. The van der Waals surface area contributed by atoms with Crippen LogP contribution in [0.2, 0.25) is 0 Å². The number of anilines is 1. The Hall–Kier alpha value is -2.95. The highest BCUT2D eigenvalue weighted by atomic mass is 16.5. The zero-order chi connectivity index (χ0) is 19.8. The molecular formula is C23H26N2O3. The highest BCUT2D eigenvalue weighted by Crippen LogP contribution is 2.31. The van der Waals surface area contributed by atoms with Crippen molar-refractivity contribution in [3.8, 4) is 5.75 Å². The SMILES string of the molecule is COc1ccc2oc(C)c(C(=O)N3CCN(c4cccc(C)c4C)CC3)c2c1. The molecule has 1 fully saturated rings. The summed E-state index contributed by atoms with van der Waals surface area (Å²) in [7, 11) is 1.63. The molecule has 1 amide bonds. The lowest BCUT2D eigenvalue weighted by molar-refractivity contribution is 0.0746. The van der Waals surface area contributed by atoms with E-state index in [1.165, 1.54) is 16.8 Å². The van der Waals surface area contributed by atoms with Crippen LogP contribution in [0.5, 0.6) is 5.75 Å². The van der Waals surface area contributed by atoms with Crippen LogP contribution in [0.4, 0.5) is 5.69 Å². The van der Waals surface area contributed by atoms with Crippen molar-refractivity contribution in [2.75, 3.05) is 38.2 Å². The molecule has 0 unspecified atom stereocenters. The molecule has 2 aromatic carbocycles. The Kier molecular flexibility index (Phi) is 4.75. The molecule has 3 aromatic rings. The zero-order valence-electron chi connectivity index (χ0n) is 16.9. The summed E-state index contributed by atoms with van der Waals surface area (Å²) in [5, 5.41) is 0.818. The monoisotopic (exact) mass is 378 g/mol. The van der Waals surface area contributed by atoms with Crippen molar-refractivity contribution in [1.29, 1.82) is 0 Å². The van der Waals surface area contributed by atoms with Gasteiger partial charge in [-0.2, -0.15) is 0 Å². The molecule has 0 radical (unpaired) electrons. The molecule has 1 aliphatic rings. The van der Waals surface area contributed by atoms with Gasteiger partial charge in [0.05, 0.1) is 12.7 Å². The number of hydrogen-bond donors (Lipinski definition) is 0. The Morgan fingerprint density at radius 2 is 1.79 bits per heavy atom. The summed E-state index contributed by atoms with van der Waals surface area (Å²) >= 11 is 0. The lowest BCUT2D eigenvalue weighted by atomic mass is 10.1. The van der Waals surface area contributed by atoms with Gasteiger partial charge in [0.1, 0.15) is 17.1 Å². The molecule has 4 rings (SSSR count). The molecule has 2 heterocycles. The van der Waals surface area contributed by atoms with E-state index in [0.717, 1.165) is 29.8 Å². The molecule has 1 aliphatic heterocycles. The largest absolute Gasteiger partial charge is 0.497 e. The van der Waals surface area contributed by atoms with Gasteiger partial charge < -0.3 is 19.0 Å². The highest BCUT2D eigenvalue weighted by Gasteiger charge is 2.27. The molecule has 5 nitrogen and oxygen atoms in total. The Morgan fingerprint density at radius 1 is 1.04 bits per heavy atom. The van der Waals surface area contributed by atoms with Crippen molar-refractivity contribution >= 4 is 22.6 Å². The maximum atomic E-state index is 13.3. The van der Waals surface area contributed by atoms with Crippen molar-refractivity contribution < 1.29 is 13.9 Å². The van der Waals surface area contributed by atoms with Crippen molar-refractivity contribution in [2.24, 2.45) is 0 Å². The number of aryl methyl sites for hydroxylation is 2. The summed E-state index contributed by atoms with van der Waals surface area (Å²) < 4.78 is 11.1. The minimum Gasteiger partial charge on any atom is -0.497 e. The predicted molar refractivity (Wildman–Crippen MR) is 112 cm³/mol. The van der Waals surface area contributed by atoms with Crippen molar-refractivity contribution in [3.05, 3.63) is 58.8 Å². The second kappa shape index (κ2) is 7.23. The first-order chi connectivity index (χ1) is 13.5. The van der Waals surface area contributed by atoms with Gasteiger partial charge in [0.2, 0.25) is 0 Å². The van der Waals surface area contributed by atoms with Gasteiger partial charge >= 0.3 is 0 Å². The van der Waals surface area contributed by atoms with Crippen LogP contribution in [0.15, 0.2) is 40.8 Å². The number of piperazine rings is 1. The van der Waals surface area contributed by atoms with Crippen molar-refractivity contribution in [2.45, 2.75) is 20.8 Å². The van der Waals surface area contributed by atoms with Crippen LogP contribution < -0.4 is 9.64 Å². The summed E-state index contributed by atoms with van der Waals surface area (Å²) in [6, 6.07) is 12.0. The van der Waals surface area contributed by atoms with Gasteiger partial charge in [0.25, 0.3) is 5.91 Å². The number of fused-ring (bicyclic) bond motifs is 1. The summed E-state index contributed by atoms with van der Waals surface area (Å²) in [6.45, 7) is 9.20. The predicted octanol–water partition coefficient (Wildman–Crippen LogP) is 4.33. The van der Waals surface area contributed by atoms with E-state index in [1.807, 2.05) is 30.0 Å². The Morgan fingerprint density at radius 3 is 2.50 bits per heavy atom. The third-order valence-corrected chi connectivity index (χ3v) is 5.77. The summed E-state index contributed by atoms with van der Waals surface area (Å²) in [4.78, 5) is 17.6. The first-order valence-electron chi connectivity index (χ1n) is 9.67. The molecule has 0 N–H and O–H groups in total. The molecule has 1 aromatic heterocycles. The number of amides is 1. The second-order valence-electron chi connectivity index (χ2n) is 7.39. The van der Waals surface area contributed by atoms with Gasteiger partial charge in [-0.05, 0) is 56.2 Å². The van der Waals surface area contributed by atoms with E-state index in [2.05, 4.69) is 36.9 Å². The number of hydrogen-bond acceptors (Lipinski definition) is 4. The van der Waals surface area contributed by atoms with Crippen LogP contribution >= 0.6 is 0 Å². The van der Waals surface area contributed by atoms with E-state index in [9.17, 15) is 4.79 Å². The van der Waals surface area contributed by atoms with Gasteiger partial charge in [0.15, 0.2) is 0 Å². The molecule has 0 atom stereocenters. The van der Waals surface area contributed by atoms with Crippen LogP contribution in [-0.4, -0.2) is 44.1 Å². The lowest BCUT2D eigenvalue weighted by Gasteiger charge is -2.37. The van der Waals surface area contributed by atoms with Gasteiger partial charge in [-0.1, -0.05) is 12.1 Å². The van der Waals surface area contributed by atoms with Crippen LogP contribution in [0.25, 0.3) is 11.0 Å². The van der Waals surface area contributed by atoms with Crippen LogP contribution in [-0.2, 0) is 0 Å². The standard InChI is InChI=1S/C23H26N2O3/c1-15-6-5-7-20(16(15)2)24-10-12-25(13-11-24)23(26)22-17(3)28-21-9-8-18(27-4)14-19(21)22/h5-9,14H,10-13H2,1-4H3. The number of benzene rings is 2. The molecule has 0 bridgehead atoms. The minimum atomic E-state index is 0.0325. The van der Waals surface area contributed by atoms with Crippen molar-refractivity contribution in [3.63, 3.8) is 0 Å². The summed E-state index contributed by atoms with van der Waals surface area (Å²) in [5.74, 6) is 1.41. The van der Waals surface area contributed by atoms with Crippen molar-refractivity contribution in [1.82, 2.24) is 4.90 Å². The quantitative estimate of drug-likeness (QED) is 0.681. The third-order valence-electron chi connectivity index (χ3n) is 5.77. The topological polar surface area (TPSA) is 45.9 Å². The van der Waals surface area contributed by atoms with Gasteiger partial charge in [-0.25, -0.2) is 0 Å². The molecule has 1 saturated heterocycles. The van der Waals surface area contributed by atoms with E-state index in [0.29, 0.717) is 24.4 Å². The number of methoxy groups -OCH3 is 1. The third kappa shape index (κ3) is 3.11. The smallest absolute Gasteiger partial charge is 0.258 e. The van der Waals surface area contributed by atoms with E-state index in [4.69, 9.17) is 9.15 Å². The Balaban J connectivity index is 1.55. The van der Waals surface area contributed by atoms with E-state index in [-0.39, 0.29) is 5.91 Å². The van der Waals surface area contributed by atoms with Crippen LogP contribution in [0.3, 0.4) is 0 Å². The number of carbonyl (C=O) groups excluding carboxylic acids is 1. The highest BCUT2D eigenvalue weighted by molar-refractivity contribution is 6.07. The summed E-state index contributed by atoms with van der Waals surface area (Å²) in [6.07, 6.45) is 0. The van der Waals surface area contributed by atoms with E-state index in [1.54, 1.807) is 7.11 Å². The van der Waals surface area contributed by atoms with Gasteiger partial charge in [-0.3, -0.25) is 4.79 Å². The number of ether oxygens (including phenoxy) is 1. The fraction of sp³-hybridized carbons (Fsp3) is 0.348. The Labute approximate surface area is 165 Å². The first kappa shape index (κ1) is 18.4. The van der Waals surface area contributed by atoms with E-state index < -0.39 is 0 Å². The second-order valence-corrected chi connectivity index (χ2v) is 7.39. The normalized spacial score (nSPS) is 14.6.